The molecule has 1 aliphatic rings. The molecular weight excluding hydrogens is 104 g/mol. The van der Waals surface area contributed by atoms with Gasteiger partial charge in [0, 0.05) is 6.54 Å². The maximum Gasteiger partial charge on any atom is 0.164 e. The van der Waals surface area contributed by atoms with E-state index in [1.165, 1.54) is 0 Å². The van der Waals surface area contributed by atoms with Crippen molar-refractivity contribution < 1.29 is 5.11 Å². The second-order valence-electron chi connectivity index (χ2n) is 1.93. The van der Waals surface area contributed by atoms with Crippen LogP contribution in [0.2, 0.25) is 0 Å². The Labute approximate surface area is 48.4 Å². The molecule has 1 heterocycles. The van der Waals surface area contributed by atoms with Crippen molar-refractivity contribution in [3.05, 3.63) is 0 Å². The second-order valence-corrected chi connectivity index (χ2v) is 1.93. The molecule has 2 N–H and O–H groups in total. The molecule has 0 bridgehead atoms. The summed E-state index contributed by atoms with van der Waals surface area (Å²) in [5.41, 5.74) is 0. The lowest BCUT2D eigenvalue weighted by atomic mass is 10.2. The van der Waals surface area contributed by atoms with Gasteiger partial charge >= 0.3 is 0 Å². The van der Waals surface area contributed by atoms with E-state index in [9.17, 15) is 0 Å². The van der Waals surface area contributed by atoms with Gasteiger partial charge in [0.05, 0.1) is 12.1 Å². The van der Waals surface area contributed by atoms with Gasteiger partial charge in [0.2, 0.25) is 0 Å². The zero-order valence-electron chi connectivity index (χ0n) is 4.76. The molecule has 0 aromatic carbocycles. The first-order valence-corrected chi connectivity index (χ1v) is 2.66. The van der Waals surface area contributed by atoms with Crippen LogP contribution in [-0.2, 0) is 0 Å². The first-order valence-electron chi connectivity index (χ1n) is 2.66. The van der Waals surface area contributed by atoms with E-state index in [0.29, 0.717) is 0 Å². The highest BCUT2D eigenvalue weighted by Crippen LogP contribution is 1.98. The quantitative estimate of drug-likeness (QED) is 0.469. The van der Waals surface area contributed by atoms with E-state index in [1.807, 2.05) is 0 Å². The minimum atomic E-state index is -0.350. The van der Waals surface area contributed by atoms with E-state index in [4.69, 9.17) is 5.11 Å². The number of rotatable bonds is 1. The summed E-state index contributed by atoms with van der Waals surface area (Å²) in [5, 5.41) is 11.7. The lowest BCUT2D eigenvalue weighted by molar-refractivity contribution is 0.169. The highest BCUT2D eigenvalue weighted by molar-refractivity contribution is 5.57. The Balaban J connectivity index is 2.36. The van der Waals surface area contributed by atoms with E-state index < -0.39 is 0 Å². The second kappa shape index (κ2) is 2.13. The standard InChI is InChI=1S/C5H9N2O/c1-4(8)5-2-6-3-7-5/h4-5,8H,2H2,1H3,(H,6,7). The molecule has 0 spiro atoms. The molecule has 0 saturated heterocycles. The number of nitrogens with zero attached hydrogens (tertiary/aromatic N) is 1. The Morgan fingerprint density at radius 2 is 2.75 bits per heavy atom. The third-order valence-corrected chi connectivity index (χ3v) is 1.18. The van der Waals surface area contributed by atoms with Crippen LogP contribution >= 0.6 is 0 Å². The normalized spacial score (nSPS) is 30.0. The predicted molar refractivity (Wildman–Crippen MR) is 30.9 cm³/mol. The average Bonchev–Trinajstić information content (AvgIpc) is 2.12. The van der Waals surface area contributed by atoms with Gasteiger partial charge in [-0.1, -0.05) is 0 Å². The summed E-state index contributed by atoms with van der Waals surface area (Å²) in [4.78, 5) is 3.82. The van der Waals surface area contributed by atoms with Crippen molar-refractivity contribution in [2.24, 2.45) is 4.99 Å². The smallest absolute Gasteiger partial charge is 0.164 e. The Morgan fingerprint density at radius 1 is 2.00 bits per heavy atom. The van der Waals surface area contributed by atoms with Crippen LogP contribution < -0.4 is 5.32 Å². The van der Waals surface area contributed by atoms with Gasteiger partial charge in [-0.2, -0.15) is 0 Å². The summed E-state index contributed by atoms with van der Waals surface area (Å²) in [6.07, 6.45) is 2.22. The number of aliphatic hydroxyl groups is 1. The minimum absolute atomic E-state index is 0.0231. The Kier molecular flexibility index (Phi) is 1.48. The SMILES string of the molecule is CC(O)C1CN[C]=N1. The summed E-state index contributed by atoms with van der Waals surface area (Å²) in [6.45, 7) is 2.44. The first-order chi connectivity index (χ1) is 3.80. The molecule has 0 aliphatic carbocycles. The molecular formula is C5H9N2O. The van der Waals surface area contributed by atoms with Gasteiger partial charge < -0.3 is 10.4 Å². The topological polar surface area (TPSA) is 44.6 Å². The molecule has 2 unspecified atom stereocenters. The largest absolute Gasteiger partial charge is 0.391 e. The number of aliphatic imine (C=N–C) groups is 1. The molecule has 2 atom stereocenters. The molecule has 3 nitrogen and oxygen atoms in total. The monoisotopic (exact) mass is 113 g/mol. The van der Waals surface area contributed by atoms with Gasteiger partial charge in [-0.3, -0.25) is 4.99 Å². The zero-order chi connectivity index (χ0) is 5.98. The Morgan fingerprint density at radius 3 is 3.00 bits per heavy atom. The van der Waals surface area contributed by atoms with Gasteiger partial charge in [-0.15, -0.1) is 0 Å². The summed E-state index contributed by atoms with van der Waals surface area (Å²) in [5.74, 6) is 0. The van der Waals surface area contributed by atoms with Crippen molar-refractivity contribution in [1.82, 2.24) is 5.32 Å². The molecule has 1 aliphatic heterocycles. The van der Waals surface area contributed by atoms with Crippen LogP contribution in [0.4, 0.5) is 0 Å². The summed E-state index contributed by atoms with van der Waals surface area (Å²) < 4.78 is 0. The summed E-state index contributed by atoms with van der Waals surface area (Å²) in [6, 6.07) is 0.0231. The van der Waals surface area contributed by atoms with Crippen LogP contribution in [0.15, 0.2) is 4.99 Å². The molecule has 1 rings (SSSR count). The van der Waals surface area contributed by atoms with Crippen LogP contribution in [0.3, 0.4) is 0 Å². The van der Waals surface area contributed by atoms with Crippen molar-refractivity contribution in [2.75, 3.05) is 6.54 Å². The number of nitrogens with one attached hydrogen (secondary N) is 1. The number of aliphatic hydroxyl groups excluding tert-OH is 1. The molecule has 8 heavy (non-hydrogen) atoms. The van der Waals surface area contributed by atoms with Gasteiger partial charge in [-0.05, 0) is 6.92 Å². The third-order valence-electron chi connectivity index (χ3n) is 1.18. The highest BCUT2D eigenvalue weighted by atomic mass is 16.3. The fourth-order valence-corrected chi connectivity index (χ4v) is 0.603. The van der Waals surface area contributed by atoms with Gasteiger partial charge in [0.25, 0.3) is 0 Å². The van der Waals surface area contributed by atoms with Crippen molar-refractivity contribution in [3.8, 4) is 0 Å². The summed E-state index contributed by atoms with van der Waals surface area (Å²) >= 11 is 0. The van der Waals surface area contributed by atoms with Gasteiger partial charge in [0.1, 0.15) is 0 Å². The van der Waals surface area contributed by atoms with Crippen molar-refractivity contribution in [1.29, 1.82) is 0 Å². The Bertz CT molecular complexity index is 101. The average molecular weight is 113 g/mol. The Hall–Kier alpha value is -0.570. The molecule has 1 radical (unpaired) electrons. The third kappa shape index (κ3) is 0.980. The van der Waals surface area contributed by atoms with Crippen LogP contribution in [0.25, 0.3) is 0 Å². The fourth-order valence-electron chi connectivity index (χ4n) is 0.603. The van der Waals surface area contributed by atoms with E-state index in [-0.39, 0.29) is 12.1 Å². The first kappa shape index (κ1) is 5.56. The van der Waals surface area contributed by atoms with Crippen molar-refractivity contribution in [3.63, 3.8) is 0 Å². The molecule has 0 amide bonds. The zero-order valence-corrected chi connectivity index (χ0v) is 4.76. The molecule has 0 saturated carbocycles. The maximum atomic E-state index is 8.88. The molecule has 0 aromatic heterocycles. The summed E-state index contributed by atoms with van der Waals surface area (Å²) in [7, 11) is 0. The van der Waals surface area contributed by atoms with Crippen molar-refractivity contribution >= 4 is 6.34 Å². The highest BCUT2D eigenvalue weighted by Gasteiger charge is 2.15. The minimum Gasteiger partial charge on any atom is -0.391 e. The van der Waals surface area contributed by atoms with E-state index >= 15 is 0 Å². The van der Waals surface area contributed by atoms with Crippen LogP contribution in [-0.4, -0.2) is 30.1 Å². The lowest BCUT2D eigenvalue weighted by Crippen LogP contribution is -2.25. The van der Waals surface area contributed by atoms with E-state index in [1.54, 1.807) is 6.92 Å². The fraction of sp³-hybridized carbons (Fsp3) is 0.800. The van der Waals surface area contributed by atoms with Crippen LogP contribution in [0, 0.1) is 0 Å². The maximum absolute atomic E-state index is 8.88. The van der Waals surface area contributed by atoms with E-state index in [0.717, 1.165) is 6.54 Å². The van der Waals surface area contributed by atoms with E-state index in [2.05, 4.69) is 16.6 Å². The predicted octanol–water partition coefficient (Wildman–Crippen LogP) is -0.756. The number of hydrogen-bond donors (Lipinski definition) is 2. The molecule has 3 heteroatoms. The molecule has 0 aromatic rings. The van der Waals surface area contributed by atoms with Gasteiger partial charge in [0.15, 0.2) is 6.34 Å². The number of hydrogen-bond acceptors (Lipinski definition) is 3. The van der Waals surface area contributed by atoms with Crippen molar-refractivity contribution in [2.45, 2.75) is 19.1 Å². The molecule has 0 fully saturated rings. The molecule has 45 valence electrons. The van der Waals surface area contributed by atoms with Crippen LogP contribution in [0.1, 0.15) is 6.92 Å². The lowest BCUT2D eigenvalue weighted by Gasteiger charge is -2.07. The van der Waals surface area contributed by atoms with Crippen LogP contribution in [0.5, 0.6) is 0 Å². The van der Waals surface area contributed by atoms with Gasteiger partial charge in [-0.25, -0.2) is 0 Å².